The van der Waals surface area contributed by atoms with Crippen LogP contribution in [0.5, 0.6) is 0 Å². The molecule has 0 saturated carbocycles. The summed E-state index contributed by atoms with van der Waals surface area (Å²) in [5.41, 5.74) is 2.15. The Morgan fingerprint density at radius 3 is 3.00 bits per heavy atom. The van der Waals surface area contributed by atoms with E-state index in [-0.39, 0.29) is 0 Å². The van der Waals surface area contributed by atoms with E-state index >= 15 is 0 Å². The smallest absolute Gasteiger partial charge is 0.159 e. The van der Waals surface area contributed by atoms with Gasteiger partial charge in [-0.1, -0.05) is 0 Å². The molecule has 2 aromatic rings. The van der Waals surface area contributed by atoms with E-state index in [2.05, 4.69) is 25.9 Å². The summed E-state index contributed by atoms with van der Waals surface area (Å²) in [5.74, 6) is 0. The van der Waals surface area contributed by atoms with Crippen molar-refractivity contribution in [2.24, 2.45) is 0 Å². The first-order valence-electron chi connectivity index (χ1n) is 3.10. The van der Waals surface area contributed by atoms with Crippen LogP contribution in [0.25, 0.3) is 11.3 Å². The van der Waals surface area contributed by atoms with Crippen LogP contribution in [0, 0.1) is 0 Å². The molecular formula is C7H5BrN2S. The zero-order valence-electron chi connectivity index (χ0n) is 5.54. The number of halogens is 1. The van der Waals surface area contributed by atoms with Crippen LogP contribution in [0.4, 0.5) is 0 Å². The summed E-state index contributed by atoms with van der Waals surface area (Å²) in [6, 6.07) is 2.00. The monoisotopic (exact) mass is 228 g/mol. The third-order valence-electron chi connectivity index (χ3n) is 1.37. The lowest BCUT2D eigenvalue weighted by Gasteiger charge is -1.84. The molecule has 0 radical (unpaired) electrons. The second kappa shape index (κ2) is 2.79. The first-order chi connectivity index (χ1) is 5.36. The fraction of sp³-hybridized carbons (Fsp3) is 0. The van der Waals surface area contributed by atoms with Crippen molar-refractivity contribution < 1.29 is 0 Å². The summed E-state index contributed by atoms with van der Waals surface area (Å²) < 4.78 is 0.925. The number of hydrogen-bond acceptors (Lipinski definition) is 2. The van der Waals surface area contributed by atoms with Gasteiger partial charge in [-0.2, -0.15) is 0 Å². The Labute approximate surface area is 76.4 Å². The molecular weight excluding hydrogens is 224 g/mol. The van der Waals surface area contributed by atoms with Gasteiger partial charge in [0.25, 0.3) is 0 Å². The van der Waals surface area contributed by atoms with Crippen LogP contribution < -0.4 is 0 Å². The minimum atomic E-state index is 0.925. The van der Waals surface area contributed by atoms with E-state index in [0.717, 1.165) is 15.2 Å². The Morgan fingerprint density at radius 1 is 1.55 bits per heavy atom. The molecule has 0 fully saturated rings. The minimum Gasteiger partial charge on any atom is -0.367 e. The normalized spacial score (nSPS) is 10.3. The Bertz CT molecular complexity index is 339. The standard InChI is InChI=1S/C7H5BrN2S/c8-7-10-6(4-11-7)5-1-2-9-3-5/h1-4,9H. The number of thiazole rings is 1. The lowest BCUT2D eigenvalue weighted by atomic mass is 10.3. The van der Waals surface area contributed by atoms with Crippen molar-refractivity contribution in [2.75, 3.05) is 0 Å². The predicted molar refractivity (Wildman–Crippen MR) is 49.6 cm³/mol. The van der Waals surface area contributed by atoms with Crippen LogP contribution in [0.3, 0.4) is 0 Å². The molecule has 0 saturated heterocycles. The van der Waals surface area contributed by atoms with E-state index in [1.807, 2.05) is 23.8 Å². The van der Waals surface area contributed by atoms with Crippen molar-refractivity contribution in [2.45, 2.75) is 0 Å². The van der Waals surface area contributed by atoms with Gasteiger partial charge in [-0.25, -0.2) is 4.98 Å². The van der Waals surface area contributed by atoms with Gasteiger partial charge in [0.05, 0.1) is 5.69 Å². The first kappa shape index (κ1) is 7.06. The highest BCUT2D eigenvalue weighted by molar-refractivity contribution is 9.11. The highest BCUT2D eigenvalue weighted by atomic mass is 79.9. The largest absolute Gasteiger partial charge is 0.367 e. The van der Waals surface area contributed by atoms with Crippen LogP contribution in [0.15, 0.2) is 27.8 Å². The molecule has 1 N–H and O–H groups in total. The number of aromatic nitrogens is 2. The quantitative estimate of drug-likeness (QED) is 0.800. The van der Waals surface area contributed by atoms with E-state index in [1.165, 1.54) is 0 Å². The SMILES string of the molecule is Brc1nc(-c2cc[nH]c2)cs1. The molecule has 2 heterocycles. The molecule has 0 aliphatic carbocycles. The van der Waals surface area contributed by atoms with Gasteiger partial charge >= 0.3 is 0 Å². The maximum absolute atomic E-state index is 4.27. The molecule has 11 heavy (non-hydrogen) atoms. The lowest BCUT2D eigenvalue weighted by molar-refractivity contribution is 1.36. The summed E-state index contributed by atoms with van der Waals surface area (Å²) in [4.78, 5) is 7.26. The van der Waals surface area contributed by atoms with Crippen LogP contribution in [-0.2, 0) is 0 Å². The van der Waals surface area contributed by atoms with E-state index in [0.29, 0.717) is 0 Å². The van der Waals surface area contributed by atoms with Crippen molar-refractivity contribution >= 4 is 27.3 Å². The Kier molecular flexibility index (Phi) is 1.79. The number of H-pyrrole nitrogens is 1. The van der Waals surface area contributed by atoms with E-state index in [9.17, 15) is 0 Å². The Morgan fingerprint density at radius 2 is 2.45 bits per heavy atom. The summed E-state index contributed by atoms with van der Waals surface area (Å²) in [6.07, 6.45) is 3.82. The topological polar surface area (TPSA) is 28.7 Å². The zero-order chi connectivity index (χ0) is 7.68. The molecule has 0 aliphatic rings. The van der Waals surface area contributed by atoms with Crippen molar-refractivity contribution in [3.05, 3.63) is 27.8 Å². The predicted octanol–water partition coefficient (Wildman–Crippen LogP) is 2.90. The molecule has 0 aliphatic heterocycles. The van der Waals surface area contributed by atoms with Crippen molar-refractivity contribution in [1.29, 1.82) is 0 Å². The van der Waals surface area contributed by atoms with Crippen LogP contribution in [-0.4, -0.2) is 9.97 Å². The highest BCUT2D eigenvalue weighted by Gasteiger charge is 2.01. The zero-order valence-corrected chi connectivity index (χ0v) is 7.95. The maximum Gasteiger partial charge on any atom is 0.159 e. The molecule has 0 spiro atoms. The van der Waals surface area contributed by atoms with Crippen molar-refractivity contribution in [3.8, 4) is 11.3 Å². The lowest BCUT2D eigenvalue weighted by Crippen LogP contribution is -1.70. The van der Waals surface area contributed by atoms with Crippen LogP contribution in [0.1, 0.15) is 0 Å². The third-order valence-corrected chi connectivity index (χ3v) is 2.73. The average molecular weight is 229 g/mol. The summed E-state index contributed by atoms with van der Waals surface area (Å²) >= 11 is 4.91. The van der Waals surface area contributed by atoms with Gasteiger partial charge in [-0.05, 0) is 22.0 Å². The molecule has 2 rings (SSSR count). The molecule has 4 heteroatoms. The van der Waals surface area contributed by atoms with Crippen LogP contribution in [0.2, 0.25) is 0 Å². The summed E-state index contributed by atoms with van der Waals surface area (Å²) in [6.45, 7) is 0. The molecule has 0 amide bonds. The number of nitrogens with zero attached hydrogens (tertiary/aromatic N) is 1. The van der Waals surface area contributed by atoms with E-state index in [1.54, 1.807) is 11.3 Å². The van der Waals surface area contributed by atoms with Crippen molar-refractivity contribution in [3.63, 3.8) is 0 Å². The second-order valence-electron chi connectivity index (χ2n) is 2.09. The van der Waals surface area contributed by atoms with E-state index in [4.69, 9.17) is 0 Å². The van der Waals surface area contributed by atoms with Crippen LogP contribution >= 0.6 is 27.3 Å². The maximum atomic E-state index is 4.27. The summed E-state index contributed by atoms with van der Waals surface area (Å²) in [5, 5.41) is 2.02. The van der Waals surface area contributed by atoms with Gasteiger partial charge < -0.3 is 4.98 Å². The van der Waals surface area contributed by atoms with Gasteiger partial charge in [0.2, 0.25) is 0 Å². The fourth-order valence-electron chi connectivity index (χ4n) is 0.868. The van der Waals surface area contributed by atoms with Gasteiger partial charge in [0.15, 0.2) is 3.92 Å². The van der Waals surface area contributed by atoms with Crippen molar-refractivity contribution in [1.82, 2.24) is 9.97 Å². The third kappa shape index (κ3) is 1.36. The van der Waals surface area contributed by atoms with Gasteiger partial charge in [0, 0.05) is 23.3 Å². The number of aromatic amines is 1. The Hall–Kier alpha value is -0.610. The molecule has 2 aromatic heterocycles. The number of hydrogen-bond donors (Lipinski definition) is 1. The van der Waals surface area contributed by atoms with Gasteiger partial charge in [-0.15, -0.1) is 11.3 Å². The molecule has 0 aromatic carbocycles. The fourth-order valence-corrected chi connectivity index (χ4v) is 1.89. The number of nitrogens with one attached hydrogen (secondary N) is 1. The van der Waals surface area contributed by atoms with Gasteiger partial charge in [0.1, 0.15) is 0 Å². The minimum absolute atomic E-state index is 0.925. The molecule has 0 atom stereocenters. The second-order valence-corrected chi connectivity index (χ2v) is 4.22. The first-order valence-corrected chi connectivity index (χ1v) is 4.78. The number of rotatable bonds is 1. The summed E-state index contributed by atoms with van der Waals surface area (Å²) in [7, 11) is 0. The molecule has 0 bridgehead atoms. The van der Waals surface area contributed by atoms with E-state index < -0.39 is 0 Å². The molecule has 0 unspecified atom stereocenters. The van der Waals surface area contributed by atoms with Gasteiger partial charge in [-0.3, -0.25) is 0 Å². The molecule has 2 nitrogen and oxygen atoms in total. The Balaban J connectivity index is 2.45. The average Bonchev–Trinajstić information content (AvgIpc) is 2.55. The molecule has 56 valence electrons. The highest BCUT2D eigenvalue weighted by Crippen LogP contribution is 2.24.